The minimum atomic E-state index is -0.297. The number of hydrogen-bond donors (Lipinski definition) is 0. The van der Waals surface area contributed by atoms with Gasteiger partial charge in [0.1, 0.15) is 0 Å². The zero-order valence-electron chi connectivity index (χ0n) is 9.25. The summed E-state index contributed by atoms with van der Waals surface area (Å²) in [5.74, 6) is -0.387. The molecule has 86 valence electrons. The van der Waals surface area contributed by atoms with Gasteiger partial charge in [-0.1, -0.05) is 17.7 Å². The van der Waals surface area contributed by atoms with Crippen molar-refractivity contribution >= 4 is 23.4 Å². The second-order valence-electron chi connectivity index (χ2n) is 3.35. The molecule has 0 aliphatic carbocycles. The molecule has 0 N–H and O–H groups in total. The van der Waals surface area contributed by atoms with Crippen molar-refractivity contribution < 1.29 is 14.3 Å². The second-order valence-corrected chi connectivity index (χ2v) is 3.76. The van der Waals surface area contributed by atoms with Gasteiger partial charge in [-0.05, 0) is 31.5 Å². The molecule has 0 aromatic heterocycles. The first-order valence-electron chi connectivity index (χ1n) is 4.99. The van der Waals surface area contributed by atoms with Gasteiger partial charge in [-0.25, -0.2) is 0 Å². The van der Waals surface area contributed by atoms with E-state index in [0.717, 1.165) is 5.56 Å². The summed E-state index contributed by atoms with van der Waals surface area (Å²) < 4.78 is 4.81. The molecule has 16 heavy (non-hydrogen) atoms. The van der Waals surface area contributed by atoms with Crippen molar-refractivity contribution in [1.29, 1.82) is 0 Å². The highest BCUT2D eigenvalue weighted by atomic mass is 35.5. The minimum absolute atomic E-state index is 0.0901. The summed E-state index contributed by atoms with van der Waals surface area (Å²) in [4.78, 5) is 22.3. The number of carbonyl (C=O) groups is 2. The van der Waals surface area contributed by atoms with Crippen molar-refractivity contribution in [1.82, 2.24) is 0 Å². The molecule has 1 aromatic carbocycles. The van der Waals surface area contributed by atoms with E-state index in [9.17, 15) is 9.59 Å². The molecule has 1 rings (SSSR count). The third-order valence-electron chi connectivity index (χ3n) is 2.07. The molecule has 0 aliphatic heterocycles. The molecule has 0 fully saturated rings. The summed E-state index contributed by atoms with van der Waals surface area (Å²) in [6.07, 6.45) is 0.172. The van der Waals surface area contributed by atoms with Gasteiger partial charge in [-0.2, -0.15) is 0 Å². The molecule has 4 heteroatoms. The van der Waals surface area contributed by atoms with Crippen LogP contribution in [0.5, 0.6) is 0 Å². The Balaban J connectivity index is 2.81. The number of halogens is 1. The average molecular weight is 241 g/mol. The third-order valence-corrected chi connectivity index (χ3v) is 2.38. The van der Waals surface area contributed by atoms with Crippen molar-refractivity contribution in [3.05, 3.63) is 34.3 Å². The van der Waals surface area contributed by atoms with E-state index in [2.05, 4.69) is 0 Å². The topological polar surface area (TPSA) is 43.4 Å². The van der Waals surface area contributed by atoms with Crippen molar-refractivity contribution in [3.63, 3.8) is 0 Å². The minimum Gasteiger partial charge on any atom is -0.466 e. The molecular weight excluding hydrogens is 228 g/mol. The first kappa shape index (κ1) is 12.7. The largest absolute Gasteiger partial charge is 0.466 e. The molecule has 0 unspecified atom stereocenters. The van der Waals surface area contributed by atoms with Crippen LogP contribution in [0.1, 0.15) is 29.8 Å². The van der Waals surface area contributed by atoms with Crippen LogP contribution in [-0.2, 0) is 16.0 Å². The van der Waals surface area contributed by atoms with Crippen LogP contribution in [0.15, 0.2) is 18.2 Å². The van der Waals surface area contributed by atoms with Gasteiger partial charge >= 0.3 is 5.97 Å². The molecular formula is C12H13ClO3. The first-order chi connectivity index (χ1) is 7.54. The Morgan fingerprint density at radius 1 is 1.38 bits per heavy atom. The number of rotatable bonds is 4. The molecule has 0 heterocycles. The van der Waals surface area contributed by atoms with Gasteiger partial charge in [-0.3, -0.25) is 9.59 Å². The van der Waals surface area contributed by atoms with Gasteiger partial charge in [0.15, 0.2) is 5.78 Å². The fourth-order valence-corrected chi connectivity index (χ4v) is 1.67. The van der Waals surface area contributed by atoms with Gasteiger partial charge in [-0.15, -0.1) is 0 Å². The highest BCUT2D eigenvalue weighted by Crippen LogP contribution is 2.18. The summed E-state index contributed by atoms with van der Waals surface area (Å²) in [5.41, 5.74) is 1.21. The monoisotopic (exact) mass is 240 g/mol. The van der Waals surface area contributed by atoms with E-state index in [1.807, 2.05) is 0 Å². The molecule has 3 nitrogen and oxygen atoms in total. The summed E-state index contributed by atoms with van der Waals surface area (Å²) >= 11 is 5.91. The molecule has 0 radical (unpaired) electrons. The van der Waals surface area contributed by atoms with Gasteiger partial charge in [0, 0.05) is 5.56 Å². The quantitative estimate of drug-likeness (QED) is 0.600. The predicted molar refractivity (Wildman–Crippen MR) is 61.8 cm³/mol. The average Bonchev–Trinajstić information content (AvgIpc) is 2.17. The van der Waals surface area contributed by atoms with Crippen LogP contribution in [0, 0.1) is 0 Å². The van der Waals surface area contributed by atoms with Crippen molar-refractivity contribution in [2.45, 2.75) is 20.3 Å². The summed E-state index contributed by atoms with van der Waals surface area (Å²) in [6, 6.07) is 4.95. The van der Waals surface area contributed by atoms with Crippen LogP contribution in [0.4, 0.5) is 0 Å². The fraction of sp³-hybridized carbons (Fsp3) is 0.333. The SMILES string of the molecule is CCOC(=O)Cc1ccc(C(C)=O)c(Cl)c1. The molecule has 0 atom stereocenters. The normalized spacial score (nSPS) is 9.94. The zero-order valence-corrected chi connectivity index (χ0v) is 10.0. The van der Waals surface area contributed by atoms with E-state index in [-0.39, 0.29) is 18.2 Å². The third kappa shape index (κ3) is 3.35. The number of ether oxygens (including phenoxy) is 1. The Morgan fingerprint density at radius 2 is 2.06 bits per heavy atom. The molecule has 0 spiro atoms. The lowest BCUT2D eigenvalue weighted by Gasteiger charge is -2.04. The summed E-state index contributed by atoms with van der Waals surface area (Å²) in [7, 11) is 0. The fourth-order valence-electron chi connectivity index (χ4n) is 1.33. The van der Waals surface area contributed by atoms with Crippen LogP contribution in [0.3, 0.4) is 0 Å². The number of ketones is 1. The van der Waals surface area contributed by atoms with E-state index in [0.29, 0.717) is 17.2 Å². The van der Waals surface area contributed by atoms with Crippen LogP contribution < -0.4 is 0 Å². The smallest absolute Gasteiger partial charge is 0.310 e. The number of benzene rings is 1. The molecule has 0 saturated carbocycles. The maximum Gasteiger partial charge on any atom is 0.310 e. The van der Waals surface area contributed by atoms with Gasteiger partial charge < -0.3 is 4.74 Å². The Morgan fingerprint density at radius 3 is 2.56 bits per heavy atom. The van der Waals surface area contributed by atoms with E-state index in [1.54, 1.807) is 25.1 Å². The van der Waals surface area contributed by atoms with Crippen molar-refractivity contribution in [3.8, 4) is 0 Å². The molecule has 0 aliphatic rings. The van der Waals surface area contributed by atoms with Crippen LogP contribution in [0.25, 0.3) is 0 Å². The van der Waals surface area contributed by atoms with Gasteiger partial charge in [0.25, 0.3) is 0 Å². The number of carbonyl (C=O) groups excluding carboxylic acids is 2. The lowest BCUT2D eigenvalue weighted by Crippen LogP contribution is -2.07. The van der Waals surface area contributed by atoms with Crippen LogP contribution in [-0.4, -0.2) is 18.4 Å². The highest BCUT2D eigenvalue weighted by molar-refractivity contribution is 6.33. The highest BCUT2D eigenvalue weighted by Gasteiger charge is 2.09. The van der Waals surface area contributed by atoms with Gasteiger partial charge in [0.05, 0.1) is 18.1 Å². The molecule has 0 bridgehead atoms. The Kier molecular flexibility index (Phi) is 4.50. The number of esters is 1. The number of Topliss-reactive ketones (excluding diaryl/α,β-unsaturated/α-hetero) is 1. The zero-order chi connectivity index (χ0) is 12.1. The van der Waals surface area contributed by atoms with E-state index in [4.69, 9.17) is 16.3 Å². The van der Waals surface area contributed by atoms with Crippen LogP contribution in [0.2, 0.25) is 5.02 Å². The molecule has 0 amide bonds. The summed E-state index contributed by atoms with van der Waals surface area (Å²) in [6.45, 7) is 3.56. The second kappa shape index (κ2) is 5.66. The lowest BCUT2D eigenvalue weighted by molar-refractivity contribution is -0.142. The van der Waals surface area contributed by atoms with Crippen LogP contribution >= 0.6 is 11.6 Å². The number of hydrogen-bond acceptors (Lipinski definition) is 3. The lowest BCUT2D eigenvalue weighted by atomic mass is 10.1. The van der Waals surface area contributed by atoms with Crippen molar-refractivity contribution in [2.24, 2.45) is 0 Å². The summed E-state index contributed by atoms with van der Waals surface area (Å²) in [5, 5.41) is 0.370. The standard InChI is InChI=1S/C12H13ClO3/c1-3-16-12(15)7-9-4-5-10(8(2)14)11(13)6-9/h4-6H,3,7H2,1-2H3. The van der Waals surface area contributed by atoms with Gasteiger partial charge in [0.2, 0.25) is 0 Å². The Bertz CT molecular complexity index is 413. The predicted octanol–water partition coefficient (Wildman–Crippen LogP) is 2.65. The molecule has 0 saturated heterocycles. The maximum absolute atomic E-state index is 11.2. The van der Waals surface area contributed by atoms with E-state index >= 15 is 0 Å². The first-order valence-corrected chi connectivity index (χ1v) is 5.37. The van der Waals surface area contributed by atoms with Crippen molar-refractivity contribution in [2.75, 3.05) is 6.61 Å². The van der Waals surface area contributed by atoms with E-state index < -0.39 is 0 Å². The van der Waals surface area contributed by atoms with E-state index in [1.165, 1.54) is 6.92 Å². The maximum atomic E-state index is 11.2. The Hall–Kier alpha value is -1.35. The molecule has 1 aromatic rings. The Labute approximate surface area is 99.4 Å².